The van der Waals surface area contributed by atoms with E-state index in [4.69, 9.17) is 0 Å². The molecule has 0 saturated heterocycles. The Morgan fingerprint density at radius 1 is 0.893 bits per heavy atom. The topological polar surface area (TPSA) is 66.5 Å². The van der Waals surface area contributed by atoms with Gasteiger partial charge in [0.1, 0.15) is 0 Å². The molecule has 0 aromatic heterocycles. The molecule has 0 heterocycles. The summed E-state index contributed by atoms with van der Waals surface area (Å²) in [5.41, 5.74) is 1.58. The summed E-state index contributed by atoms with van der Waals surface area (Å²) in [6.45, 7) is 3.77. The largest absolute Gasteiger partial charge is 0.322 e. The zero-order chi connectivity index (χ0) is 20.0. The summed E-state index contributed by atoms with van der Waals surface area (Å²) in [6.07, 6.45) is 1.52. The van der Waals surface area contributed by atoms with Gasteiger partial charge in [-0.05, 0) is 48.5 Å². The third kappa shape index (κ3) is 4.29. The summed E-state index contributed by atoms with van der Waals surface area (Å²) in [5, 5.41) is 2.80. The second kappa shape index (κ2) is 8.54. The van der Waals surface area contributed by atoms with E-state index in [1.54, 1.807) is 66.7 Å². The van der Waals surface area contributed by atoms with E-state index in [0.717, 1.165) is 0 Å². The second-order valence-corrected chi connectivity index (χ2v) is 7.87. The van der Waals surface area contributed by atoms with E-state index in [1.165, 1.54) is 10.4 Å². The van der Waals surface area contributed by atoms with E-state index in [2.05, 4.69) is 11.9 Å². The Morgan fingerprint density at radius 3 is 2.04 bits per heavy atom. The molecule has 0 aliphatic carbocycles. The fourth-order valence-electron chi connectivity index (χ4n) is 2.68. The predicted molar refractivity (Wildman–Crippen MR) is 112 cm³/mol. The van der Waals surface area contributed by atoms with Gasteiger partial charge in [0.05, 0.1) is 17.1 Å². The summed E-state index contributed by atoms with van der Waals surface area (Å²) in [4.78, 5) is 12.6. The summed E-state index contributed by atoms with van der Waals surface area (Å²) in [5.74, 6) is -0.265. The predicted octanol–water partition coefficient (Wildman–Crippen LogP) is 4.32. The van der Waals surface area contributed by atoms with Crippen molar-refractivity contribution in [2.24, 2.45) is 0 Å². The van der Waals surface area contributed by atoms with Crippen LogP contribution in [0.5, 0.6) is 0 Å². The van der Waals surface area contributed by atoms with Crippen LogP contribution in [0.2, 0.25) is 0 Å². The minimum atomic E-state index is -3.74. The number of para-hydroxylation sites is 1. The van der Waals surface area contributed by atoms with Gasteiger partial charge in [-0.3, -0.25) is 9.10 Å². The Morgan fingerprint density at radius 2 is 1.46 bits per heavy atom. The molecule has 0 saturated carbocycles. The van der Waals surface area contributed by atoms with Crippen LogP contribution in [0.3, 0.4) is 0 Å². The molecule has 0 spiro atoms. The van der Waals surface area contributed by atoms with Crippen LogP contribution in [-0.2, 0) is 10.0 Å². The molecule has 1 amide bonds. The molecule has 0 aliphatic rings. The Kier molecular flexibility index (Phi) is 5.91. The van der Waals surface area contributed by atoms with Gasteiger partial charge in [-0.25, -0.2) is 8.42 Å². The monoisotopic (exact) mass is 392 g/mol. The summed E-state index contributed by atoms with van der Waals surface area (Å²) < 4.78 is 27.2. The Hall–Kier alpha value is -3.38. The van der Waals surface area contributed by atoms with Crippen molar-refractivity contribution in [3.8, 4) is 0 Å². The van der Waals surface area contributed by atoms with Crippen LogP contribution < -0.4 is 9.62 Å². The maximum atomic E-state index is 13.0. The zero-order valence-corrected chi connectivity index (χ0v) is 16.0. The average molecular weight is 392 g/mol. The van der Waals surface area contributed by atoms with E-state index in [-0.39, 0.29) is 17.3 Å². The molecule has 142 valence electrons. The number of carbonyl (C=O) groups is 1. The number of nitrogens with zero attached hydrogens (tertiary/aromatic N) is 1. The third-order valence-electron chi connectivity index (χ3n) is 4.08. The van der Waals surface area contributed by atoms with Gasteiger partial charge < -0.3 is 5.32 Å². The van der Waals surface area contributed by atoms with Crippen molar-refractivity contribution in [2.45, 2.75) is 4.90 Å². The first-order valence-corrected chi connectivity index (χ1v) is 10.1. The zero-order valence-electron chi connectivity index (χ0n) is 15.2. The third-order valence-corrected chi connectivity index (χ3v) is 5.88. The minimum Gasteiger partial charge on any atom is -0.322 e. The van der Waals surface area contributed by atoms with Gasteiger partial charge in [0.2, 0.25) is 0 Å². The van der Waals surface area contributed by atoms with Gasteiger partial charge in [-0.1, -0.05) is 42.5 Å². The quantitative estimate of drug-likeness (QED) is 0.609. The molecule has 6 heteroatoms. The van der Waals surface area contributed by atoms with E-state index in [9.17, 15) is 13.2 Å². The van der Waals surface area contributed by atoms with Gasteiger partial charge in [0.15, 0.2) is 0 Å². The van der Waals surface area contributed by atoms with Gasteiger partial charge in [-0.15, -0.1) is 6.58 Å². The number of rotatable bonds is 7. The molecule has 0 bridgehead atoms. The van der Waals surface area contributed by atoms with E-state index in [1.807, 2.05) is 18.2 Å². The van der Waals surface area contributed by atoms with Crippen LogP contribution in [0.15, 0.2) is 102 Å². The molecule has 0 unspecified atom stereocenters. The minimum absolute atomic E-state index is 0.118. The molecule has 3 aromatic rings. The molecule has 3 aromatic carbocycles. The molecular weight excluding hydrogens is 372 g/mol. The molecule has 28 heavy (non-hydrogen) atoms. The first-order chi connectivity index (χ1) is 13.5. The molecule has 0 fully saturated rings. The van der Waals surface area contributed by atoms with Crippen molar-refractivity contribution >= 4 is 27.3 Å². The lowest BCUT2D eigenvalue weighted by atomic mass is 10.2. The maximum absolute atomic E-state index is 13.0. The summed E-state index contributed by atoms with van der Waals surface area (Å²) >= 11 is 0. The van der Waals surface area contributed by atoms with Crippen LogP contribution in [0.4, 0.5) is 11.4 Å². The van der Waals surface area contributed by atoms with Crippen molar-refractivity contribution in [1.29, 1.82) is 0 Å². The Labute approximate surface area is 165 Å². The van der Waals surface area contributed by atoms with Gasteiger partial charge in [0, 0.05) is 11.3 Å². The molecule has 3 rings (SSSR count). The van der Waals surface area contributed by atoms with Crippen LogP contribution >= 0.6 is 0 Å². The smallest absolute Gasteiger partial charge is 0.264 e. The maximum Gasteiger partial charge on any atom is 0.264 e. The number of amides is 1. The summed E-state index contributed by atoms with van der Waals surface area (Å²) in [7, 11) is -3.74. The fraction of sp³-hybridized carbons (Fsp3) is 0.0455. The highest BCUT2D eigenvalue weighted by molar-refractivity contribution is 7.92. The van der Waals surface area contributed by atoms with E-state index >= 15 is 0 Å². The molecule has 0 radical (unpaired) electrons. The van der Waals surface area contributed by atoms with Gasteiger partial charge >= 0.3 is 0 Å². The fourth-order valence-corrected chi connectivity index (χ4v) is 4.14. The number of anilines is 2. The number of carbonyl (C=O) groups excluding carboxylic acids is 1. The van der Waals surface area contributed by atoms with E-state index in [0.29, 0.717) is 16.9 Å². The van der Waals surface area contributed by atoms with Crippen LogP contribution in [-0.4, -0.2) is 20.9 Å². The highest BCUT2D eigenvalue weighted by Crippen LogP contribution is 2.24. The van der Waals surface area contributed by atoms with Gasteiger partial charge in [-0.2, -0.15) is 0 Å². The van der Waals surface area contributed by atoms with Crippen LogP contribution in [0.1, 0.15) is 10.4 Å². The Balaban J connectivity index is 1.85. The number of nitrogens with one attached hydrogen (secondary N) is 1. The SMILES string of the molecule is C=CCN(c1ccc(C(=O)Nc2ccccc2)cc1)S(=O)(=O)c1ccccc1. The normalized spacial score (nSPS) is 10.9. The second-order valence-electron chi connectivity index (χ2n) is 6.00. The molecule has 0 atom stereocenters. The van der Waals surface area contributed by atoms with Crippen molar-refractivity contribution < 1.29 is 13.2 Å². The van der Waals surface area contributed by atoms with Crippen LogP contribution in [0, 0.1) is 0 Å². The van der Waals surface area contributed by atoms with Crippen molar-refractivity contribution in [2.75, 3.05) is 16.2 Å². The van der Waals surface area contributed by atoms with Crippen molar-refractivity contribution in [1.82, 2.24) is 0 Å². The first-order valence-electron chi connectivity index (χ1n) is 8.67. The lowest BCUT2D eigenvalue weighted by Gasteiger charge is -2.23. The highest BCUT2D eigenvalue weighted by Gasteiger charge is 2.23. The number of hydrogen-bond acceptors (Lipinski definition) is 3. The van der Waals surface area contributed by atoms with Crippen molar-refractivity contribution in [3.63, 3.8) is 0 Å². The highest BCUT2D eigenvalue weighted by atomic mass is 32.2. The lowest BCUT2D eigenvalue weighted by Crippen LogP contribution is -2.31. The molecular formula is C22H20N2O3S. The number of sulfonamides is 1. The number of benzene rings is 3. The van der Waals surface area contributed by atoms with Gasteiger partial charge in [0.25, 0.3) is 15.9 Å². The molecule has 1 N–H and O–H groups in total. The average Bonchev–Trinajstić information content (AvgIpc) is 2.73. The molecule has 0 aliphatic heterocycles. The van der Waals surface area contributed by atoms with Crippen molar-refractivity contribution in [3.05, 3.63) is 103 Å². The van der Waals surface area contributed by atoms with Crippen LogP contribution in [0.25, 0.3) is 0 Å². The lowest BCUT2D eigenvalue weighted by molar-refractivity contribution is 0.102. The molecule has 5 nitrogen and oxygen atoms in total. The van der Waals surface area contributed by atoms with E-state index < -0.39 is 10.0 Å². The standard InChI is InChI=1S/C22H20N2O3S/c1-2-17-24(28(26,27)21-11-7-4-8-12-21)20-15-13-18(14-16-20)22(25)23-19-9-5-3-6-10-19/h2-16H,1,17H2,(H,23,25). The number of hydrogen-bond donors (Lipinski definition) is 1. The summed E-state index contributed by atoms with van der Waals surface area (Å²) in [6, 6.07) is 23.8. The first kappa shape index (κ1) is 19.4. The Bertz CT molecular complexity index is 1050.